The molecule has 92 valence electrons. The van der Waals surface area contributed by atoms with Crippen LogP contribution in [0.3, 0.4) is 0 Å². The molecule has 0 fully saturated rings. The third-order valence-electron chi connectivity index (χ3n) is 3.07. The molecule has 0 radical (unpaired) electrons. The summed E-state index contributed by atoms with van der Waals surface area (Å²) < 4.78 is 2.08. The summed E-state index contributed by atoms with van der Waals surface area (Å²) in [6.45, 7) is 8.20. The largest absolute Gasteiger partial charge is 0.354 e. The second-order valence-electron chi connectivity index (χ2n) is 4.01. The van der Waals surface area contributed by atoms with E-state index in [4.69, 9.17) is 11.6 Å². The number of aromatic nitrogens is 2. The van der Waals surface area contributed by atoms with E-state index in [0.717, 1.165) is 31.9 Å². The average molecular weight is 244 g/mol. The highest BCUT2D eigenvalue weighted by atomic mass is 35.5. The monoisotopic (exact) mass is 243 g/mol. The molecule has 0 aliphatic rings. The number of alkyl halides is 1. The van der Waals surface area contributed by atoms with Crippen LogP contribution in [0.1, 0.15) is 33.6 Å². The van der Waals surface area contributed by atoms with Crippen LogP contribution in [0.5, 0.6) is 0 Å². The third-order valence-corrected chi connectivity index (χ3v) is 3.58. The molecule has 16 heavy (non-hydrogen) atoms. The van der Waals surface area contributed by atoms with Gasteiger partial charge in [0.2, 0.25) is 5.95 Å². The van der Waals surface area contributed by atoms with E-state index in [9.17, 15) is 0 Å². The first-order chi connectivity index (χ1) is 7.72. The molecule has 0 aromatic carbocycles. The van der Waals surface area contributed by atoms with Crippen molar-refractivity contribution in [1.82, 2.24) is 9.55 Å². The molecule has 0 saturated heterocycles. The number of hydrogen-bond donors (Lipinski definition) is 1. The van der Waals surface area contributed by atoms with Crippen molar-refractivity contribution in [3.8, 4) is 0 Å². The molecule has 1 unspecified atom stereocenters. The lowest BCUT2D eigenvalue weighted by molar-refractivity contribution is 0.474. The highest BCUT2D eigenvalue weighted by Gasteiger charge is 2.15. The number of imidazole rings is 1. The first-order valence-electron chi connectivity index (χ1n) is 6.11. The molecule has 1 rings (SSSR count). The zero-order chi connectivity index (χ0) is 12.0. The van der Waals surface area contributed by atoms with E-state index in [1.807, 2.05) is 12.4 Å². The van der Waals surface area contributed by atoms with Gasteiger partial charge in [0.1, 0.15) is 0 Å². The van der Waals surface area contributed by atoms with Crippen molar-refractivity contribution in [3.05, 3.63) is 12.4 Å². The Balaban J connectivity index is 2.45. The Kier molecular flexibility index (Phi) is 5.67. The number of nitrogens with zero attached hydrogens (tertiary/aromatic N) is 2. The normalized spacial score (nSPS) is 13.1. The average Bonchev–Trinajstić information content (AvgIpc) is 2.75. The lowest BCUT2D eigenvalue weighted by Gasteiger charge is -2.19. The van der Waals surface area contributed by atoms with Gasteiger partial charge in [-0.2, -0.15) is 0 Å². The van der Waals surface area contributed by atoms with Gasteiger partial charge in [-0.15, -0.1) is 11.6 Å². The summed E-state index contributed by atoms with van der Waals surface area (Å²) in [5.74, 6) is 1.50. The van der Waals surface area contributed by atoms with Gasteiger partial charge < -0.3 is 9.88 Å². The van der Waals surface area contributed by atoms with Crippen LogP contribution in [-0.2, 0) is 6.54 Å². The third kappa shape index (κ3) is 3.41. The number of halogens is 1. The maximum atomic E-state index is 6.36. The molecule has 0 bridgehead atoms. The summed E-state index contributed by atoms with van der Waals surface area (Å²) in [6.07, 6.45) is 6.05. The summed E-state index contributed by atoms with van der Waals surface area (Å²) in [4.78, 5) is 4.26. The summed E-state index contributed by atoms with van der Waals surface area (Å²) in [5.41, 5.74) is 0. The van der Waals surface area contributed by atoms with E-state index >= 15 is 0 Å². The number of rotatable bonds is 7. The van der Waals surface area contributed by atoms with Gasteiger partial charge in [0.15, 0.2) is 0 Å². The molecule has 0 aliphatic carbocycles. The van der Waals surface area contributed by atoms with Crippen LogP contribution in [-0.4, -0.2) is 21.5 Å². The van der Waals surface area contributed by atoms with Crippen LogP contribution < -0.4 is 5.32 Å². The quantitative estimate of drug-likeness (QED) is 0.745. The van der Waals surface area contributed by atoms with Gasteiger partial charge in [0, 0.05) is 25.5 Å². The van der Waals surface area contributed by atoms with Crippen LogP contribution in [0.4, 0.5) is 5.95 Å². The molecule has 4 heteroatoms. The Morgan fingerprint density at radius 1 is 1.38 bits per heavy atom. The van der Waals surface area contributed by atoms with Crippen LogP contribution in [0.25, 0.3) is 0 Å². The molecule has 3 nitrogen and oxygen atoms in total. The Labute approximate surface area is 103 Å². The zero-order valence-electron chi connectivity index (χ0n) is 10.4. The van der Waals surface area contributed by atoms with E-state index in [-0.39, 0.29) is 5.38 Å². The van der Waals surface area contributed by atoms with E-state index in [1.165, 1.54) is 0 Å². The molecule has 0 amide bonds. The minimum absolute atomic E-state index is 0.178. The standard InChI is InChI=1S/C12H22ClN3/c1-4-10(5-2)11(13)9-15-12-14-7-8-16(12)6-3/h7-8,10-11H,4-6,9H2,1-3H3,(H,14,15). The van der Waals surface area contributed by atoms with Crippen molar-refractivity contribution in [2.75, 3.05) is 11.9 Å². The minimum Gasteiger partial charge on any atom is -0.354 e. The van der Waals surface area contributed by atoms with Crippen LogP contribution in [0.15, 0.2) is 12.4 Å². The fourth-order valence-corrected chi connectivity index (χ4v) is 2.32. The van der Waals surface area contributed by atoms with Gasteiger partial charge in [-0.05, 0) is 12.8 Å². The summed E-state index contributed by atoms with van der Waals surface area (Å²) >= 11 is 6.36. The van der Waals surface area contributed by atoms with Gasteiger partial charge in [0.05, 0.1) is 5.38 Å². The fourth-order valence-electron chi connectivity index (χ4n) is 1.89. The van der Waals surface area contributed by atoms with Crippen LogP contribution in [0.2, 0.25) is 0 Å². The zero-order valence-corrected chi connectivity index (χ0v) is 11.2. The van der Waals surface area contributed by atoms with Crippen molar-refractivity contribution in [2.45, 2.75) is 45.5 Å². The SMILES string of the molecule is CCC(CC)C(Cl)CNc1nccn1CC. The second-order valence-corrected chi connectivity index (χ2v) is 4.57. The van der Waals surface area contributed by atoms with Crippen molar-refractivity contribution in [2.24, 2.45) is 5.92 Å². The predicted octanol–water partition coefficient (Wildman–Crippen LogP) is 3.36. The number of aryl methyl sites for hydroxylation is 1. The van der Waals surface area contributed by atoms with Crippen LogP contribution in [0, 0.1) is 5.92 Å². The molecular formula is C12H22ClN3. The van der Waals surface area contributed by atoms with E-state index in [1.54, 1.807) is 0 Å². The Bertz CT molecular complexity index is 294. The smallest absolute Gasteiger partial charge is 0.202 e. The fraction of sp³-hybridized carbons (Fsp3) is 0.750. The number of anilines is 1. The van der Waals surface area contributed by atoms with Gasteiger partial charge >= 0.3 is 0 Å². The molecule has 0 aliphatic heterocycles. The van der Waals surface area contributed by atoms with E-state index in [0.29, 0.717) is 5.92 Å². The molecule has 1 aromatic rings. The van der Waals surface area contributed by atoms with Crippen LogP contribution >= 0.6 is 11.6 Å². The molecule has 1 atom stereocenters. The second kappa shape index (κ2) is 6.79. The maximum Gasteiger partial charge on any atom is 0.202 e. The first-order valence-corrected chi connectivity index (χ1v) is 6.55. The van der Waals surface area contributed by atoms with Crippen molar-refractivity contribution in [1.29, 1.82) is 0 Å². The topological polar surface area (TPSA) is 29.9 Å². The first kappa shape index (κ1) is 13.4. The van der Waals surface area contributed by atoms with E-state index in [2.05, 4.69) is 35.6 Å². The van der Waals surface area contributed by atoms with Crippen molar-refractivity contribution in [3.63, 3.8) is 0 Å². The van der Waals surface area contributed by atoms with Gasteiger partial charge in [-0.25, -0.2) is 4.98 Å². The Morgan fingerprint density at radius 2 is 2.06 bits per heavy atom. The van der Waals surface area contributed by atoms with Crippen molar-refractivity contribution >= 4 is 17.5 Å². The van der Waals surface area contributed by atoms with Gasteiger partial charge in [-0.1, -0.05) is 26.7 Å². The lowest BCUT2D eigenvalue weighted by Crippen LogP contribution is -2.24. The molecular weight excluding hydrogens is 222 g/mol. The molecule has 1 heterocycles. The minimum atomic E-state index is 0.178. The Morgan fingerprint density at radius 3 is 2.62 bits per heavy atom. The predicted molar refractivity (Wildman–Crippen MR) is 70.1 cm³/mol. The van der Waals surface area contributed by atoms with Crippen molar-refractivity contribution < 1.29 is 0 Å². The summed E-state index contributed by atoms with van der Waals surface area (Å²) in [7, 11) is 0. The number of hydrogen-bond acceptors (Lipinski definition) is 2. The molecule has 0 saturated carbocycles. The van der Waals surface area contributed by atoms with Gasteiger partial charge in [-0.3, -0.25) is 0 Å². The highest BCUT2D eigenvalue weighted by molar-refractivity contribution is 6.21. The maximum absolute atomic E-state index is 6.36. The van der Waals surface area contributed by atoms with Gasteiger partial charge in [0.25, 0.3) is 0 Å². The highest BCUT2D eigenvalue weighted by Crippen LogP contribution is 2.18. The summed E-state index contributed by atoms with van der Waals surface area (Å²) in [6, 6.07) is 0. The number of nitrogens with one attached hydrogen (secondary N) is 1. The Hall–Kier alpha value is -0.700. The summed E-state index contributed by atoms with van der Waals surface area (Å²) in [5, 5.41) is 3.49. The lowest BCUT2D eigenvalue weighted by atomic mass is 9.99. The molecule has 0 spiro atoms. The van der Waals surface area contributed by atoms with E-state index < -0.39 is 0 Å². The molecule has 1 aromatic heterocycles. The molecule has 1 N–H and O–H groups in total.